The first-order valence-corrected chi connectivity index (χ1v) is 11.4. The largest absolute Gasteiger partial charge is 0.456 e. The molecule has 2 aliphatic rings. The summed E-state index contributed by atoms with van der Waals surface area (Å²) in [4.78, 5) is 39.6. The quantitative estimate of drug-likeness (QED) is 0.598. The van der Waals surface area contributed by atoms with Crippen molar-refractivity contribution in [3.05, 3.63) is 72.0 Å². The van der Waals surface area contributed by atoms with E-state index >= 15 is 0 Å². The molecule has 5 rings (SSSR count). The summed E-state index contributed by atoms with van der Waals surface area (Å²) in [7, 11) is 0. The van der Waals surface area contributed by atoms with Gasteiger partial charge in [0.15, 0.2) is 5.76 Å². The summed E-state index contributed by atoms with van der Waals surface area (Å²) in [5, 5.41) is 0. The highest BCUT2D eigenvalue weighted by Crippen LogP contribution is 2.50. The Kier molecular flexibility index (Phi) is 5.31. The van der Waals surface area contributed by atoms with E-state index in [2.05, 4.69) is 28.4 Å². The Morgan fingerprint density at radius 1 is 1.24 bits per heavy atom. The van der Waals surface area contributed by atoms with Gasteiger partial charge < -0.3 is 18.8 Å². The van der Waals surface area contributed by atoms with Crippen molar-refractivity contribution >= 4 is 11.8 Å². The third kappa shape index (κ3) is 3.73. The van der Waals surface area contributed by atoms with E-state index in [0.717, 1.165) is 11.3 Å². The number of aryl methyl sites for hydroxylation is 1. The first-order valence-electron chi connectivity index (χ1n) is 11.4. The summed E-state index contributed by atoms with van der Waals surface area (Å²) in [6, 6.07) is 7.64. The SMILES string of the molecule is Cc1ccc(C(=O)N2CC(c3cn(C(C)C)cn3)C3(CCN(Cc4ccncc4)C3=O)C2)o1. The average Bonchev–Trinajstić information content (AvgIpc) is 3.58. The normalized spacial score (nSPS) is 22.8. The molecule has 33 heavy (non-hydrogen) atoms. The number of carbonyl (C=O) groups is 2. The van der Waals surface area contributed by atoms with Crippen molar-refractivity contribution in [1.82, 2.24) is 24.3 Å². The Hall–Kier alpha value is -3.42. The second-order valence-electron chi connectivity index (χ2n) is 9.48. The highest BCUT2D eigenvalue weighted by atomic mass is 16.3. The lowest BCUT2D eigenvalue weighted by atomic mass is 9.75. The summed E-state index contributed by atoms with van der Waals surface area (Å²) in [5.74, 6) is 0.769. The van der Waals surface area contributed by atoms with E-state index in [1.807, 2.05) is 36.5 Å². The van der Waals surface area contributed by atoms with E-state index in [4.69, 9.17) is 4.42 Å². The molecule has 0 aromatic carbocycles. The van der Waals surface area contributed by atoms with Crippen molar-refractivity contribution in [1.29, 1.82) is 0 Å². The lowest BCUT2D eigenvalue weighted by Crippen LogP contribution is -2.40. The average molecular weight is 448 g/mol. The molecule has 0 radical (unpaired) electrons. The number of hydrogen-bond donors (Lipinski definition) is 0. The van der Waals surface area contributed by atoms with Crippen LogP contribution in [0, 0.1) is 12.3 Å². The standard InChI is InChI=1S/C25H29N5O3/c1-17(2)30-14-21(27-16-30)20-13-29(23(31)22-5-4-18(3)33-22)15-25(20)8-11-28(24(25)32)12-19-6-9-26-10-7-19/h4-7,9-10,14,16-17,20H,8,11-13,15H2,1-3H3. The lowest BCUT2D eigenvalue weighted by Gasteiger charge is -2.27. The van der Waals surface area contributed by atoms with Gasteiger partial charge in [0.05, 0.1) is 17.4 Å². The number of rotatable bonds is 5. The van der Waals surface area contributed by atoms with Gasteiger partial charge in [-0.05, 0) is 57.0 Å². The molecule has 8 nitrogen and oxygen atoms in total. The third-order valence-corrected chi connectivity index (χ3v) is 7.02. The van der Waals surface area contributed by atoms with E-state index in [-0.39, 0.29) is 23.8 Å². The molecule has 3 aromatic rings. The Morgan fingerprint density at radius 3 is 2.70 bits per heavy atom. The fourth-order valence-corrected chi connectivity index (χ4v) is 5.15. The van der Waals surface area contributed by atoms with Crippen LogP contribution < -0.4 is 0 Å². The summed E-state index contributed by atoms with van der Waals surface area (Å²) < 4.78 is 7.65. The van der Waals surface area contributed by atoms with Crippen LogP contribution in [-0.2, 0) is 11.3 Å². The Morgan fingerprint density at radius 2 is 2.03 bits per heavy atom. The van der Waals surface area contributed by atoms with Crippen molar-refractivity contribution in [3.63, 3.8) is 0 Å². The monoisotopic (exact) mass is 447 g/mol. The maximum absolute atomic E-state index is 13.9. The molecular formula is C25H29N5O3. The highest BCUT2D eigenvalue weighted by molar-refractivity contribution is 5.94. The van der Waals surface area contributed by atoms with Crippen LogP contribution >= 0.6 is 0 Å². The summed E-state index contributed by atoms with van der Waals surface area (Å²) in [5.41, 5.74) is 1.24. The molecule has 0 saturated carbocycles. The molecular weight excluding hydrogens is 418 g/mol. The van der Waals surface area contributed by atoms with Gasteiger partial charge in [-0.1, -0.05) is 0 Å². The number of imidazole rings is 1. The summed E-state index contributed by atoms with van der Waals surface area (Å²) >= 11 is 0. The molecule has 1 spiro atoms. The van der Waals surface area contributed by atoms with Crippen molar-refractivity contribution < 1.29 is 14.0 Å². The zero-order chi connectivity index (χ0) is 23.2. The molecule has 8 heteroatoms. The Labute approximate surface area is 193 Å². The molecule has 2 amide bonds. The Bertz CT molecular complexity index is 1170. The highest BCUT2D eigenvalue weighted by Gasteiger charge is 2.58. The first kappa shape index (κ1) is 21.4. The number of carbonyl (C=O) groups excluding carboxylic acids is 2. The maximum atomic E-state index is 13.9. The van der Waals surface area contributed by atoms with Gasteiger partial charge in [-0.2, -0.15) is 0 Å². The van der Waals surface area contributed by atoms with E-state index in [1.165, 1.54) is 0 Å². The van der Waals surface area contributed by atoms with Gasteiger partial charge in [-0.15, -0.1) is 0 Å². The molecule has 0 N–H and O–H groups in total. The van der Waals surface area contributed by atoms with Gasteiger partial charge in [0.1, 0.15) is 5.76 Å². The number of furan rings is 1. The summed E-state index contributed by atoms with van der Waals surface area (Å²) in [6.45, 7) is 8.04. The van der Waals surface area contributed by atoms with Crippen molar-refractivity contribution in [2.75, 3.05) is 19.6 Å². The Balaban J connectivity index is 1.47. The van der Waals surface area contributed by atoms with Crippen LogP contribution in [0.25, 0.3) is 0 Å². The smallest absolute Gasteiger partial charge is 0.289 e. The van der Waals surface area contributed by atoms with E-state index < -0.39 is 5.41 Å². The lowest BCUT2D eigenvalue weighted by molar-refractivity contribution is -0.136. The molecule has 2 unspecified atom stereocenters. The van der Waals surface area contributed by atoms with E-state index in [0.29, 0.717) is 44.1 Å². The molecule has 172 valence electrons. The zero-order valence-corrected chi connectivity index (χ0v) is 19.3. The predicted octanol–water partition coefficient (Wildman–Crippen LogP) is 3.42. The number of nitrogens with zero attached hydrogens (tertiary/aromatic N) is 5. The van der Waals surface area contributed by atoms with Crippen LogP contribution in [0.4, 0.5) is 0 Å². The summed E-state index contributed by atoms with van der Waals surface area (Å²) in [6.07, 6.45) is 8.03. The number of hydrogen-bond acceptors (Lipinski definition) is 5. The zero-order valence-electron chi connectivity index (χ0n) is 19.3. The predicted molar refractivity (Wildman–Crippen MR) is 121 cm³/mol. The topological polar surface area (TPSA) is 84.5 Å². The van der Waals surface area contributed by atoms with E-state index in [9.17, 15) is 9.59 Å². The number of amides is 2. The van der Waals surface area contributed by atoms with Gasteiger partial charge in [-0.25, -0.2) is 4.98 Å². The van der Waals surface area contributed by atoms with Crippen molar-refractivity contribution in [2.45, 2.75) is 45.7 Å². The molecule has 0 bridgehead atoms. The van der Waals surface area contributed by atoms with E-state index in [1.54, 1.807) is 29.4 Å². The number of likely N-dealkylation sites (tertiary alicyclic amines) is 2. The molecule has 2 saturated heterocycles. The van der Waals surface area contributed by atoms with Crippen LogP contribution in [0.5, 0.6) is 0 Å². The molecule has 5 heterocycles. The van der Waals surface area contributed by atoms with Crippen LogP contribution in [0.2, 0.25) is 0 Å². The number of pyridine rings is 1. The van der Waals surface area contributed by atoms with Crippen LogP contribution in [0.1, 0.15) is 59.8 Å². The van der Waals surface area contributed by atoms with Gasteiger partial charge in [0.25, 0.3) is 5.91 Å². The minimum atomic E-state index is -0.680. The minimum Gasteiger partial charge on any atom is -0.456 e. The second-order valence-corrected chi connectivity index (χ2v) is 9.48. The third-order valence-electron chi connectivity index (χ3n) is 7.02. The fourth-order valence-electron chi connectivity index (χ4n) is 5.15. The molecule has 0 aliphatic carbocycles. The molecule has 2 fully saturated rings. The molecule has 2 atom stereocenters. The van der Waals surface area contributed by atoms with Gasteiger partial charge in [0.2, 0.25) is 5.91 Å². The molecule has 2 aliphatic heterocycles. The van der Waals surface area contributed by atoms with Crippen molar-refractivity contribution in [3.8, 4) is 0 Å². The van der Waals surface area contributed by atoms with Crippen molar-refractivity contribution in [2.24, 2.45) is 5.41 Å². The first-order chi connectivity index (χ1) is 15.9. The van der Waals surface area contributed by atoms with Gasteiger partial charge in [-0.3, -0.25) is 14.6 Å². The van der Waals surface area contributed by atoms with Crippen LogP contribution in [0.3, 0.4) is 0 Å². The second kappa shape index (κ2) is 8.17. The van der Waals surface area contributed by atoms with Crippen LogP contribution in [0.15, 0.2) is 53.6 Å². The number of aromatic nitrogens is 3. The van der Waals surface area contributed by atoms with Gasteiger partial charge in [0, 0.05) is 56.7 Å². The molecule has 3 aromatic heterocycles. The fraction of sp³-hybridized carbons (Fsp3) is 0.440. The van der Waals surface area contributed by atoms with Gasteiger partial charge >= 0.3 is 0 Å². The minimum absolute atomic E-state index is 0.0920. The van der Waals surface area contributed by atoms with Crippen LogP contribution in [-0.4, -0.2) is 55.8 Å². The maximum Gasteiger partial charge on any atom is 0.289 e.